The van der Waals surface area contributed by atoms with Crippen molar-refractivity contribution in [2.45, 2.75) is 63.7 Å². The van der Waals surface area contributed by atoms with Crippen LogP contribution >= 0.6 is 0 Å². The number of halogens is 3. The second-order valence-electron chi connectivity index (χ2n) is 9.59. The zero-order valence-corrected chi connectivity index (χ0v) is 19.8. The smallest absolute Gasteiger partial charge is 0.381 e. The van der Waals surface area contributed by atoms with Crippen molar-refractivity contribution in [3.63, 3.8) is 0 Å². The number of alkyl halides is 3. The molecule has 1 aromatic carbocycles. The van der Waals surface area contributed by atoms with Crippen LogP contribution in [-0.4, -0.2) is 47.4 Å². The third-order valence-electron chi connectivity index (χ3n) is 7.31. The van der Waals surface area contributed by atoms with E-state index in [4.69, 9.17) is 9.84 Å². The van der Waals surface area contributed by atoms with Gasteiger partial charge in [-0.3, -0.25) is 14.5 Å². The van der Waals surface area contributed by atoms with Crippen LogP contribution in [0.5, 0.6) is 0 Å². The highest BCUT2D eigenvalue weighted by Crippen LogP contribution is 2.51. The van der Waals surface area contributed by atoms with E-state index in [0.29, 0.717) is 19.8 Å². The third kappa shape index (κ3) is 4.32. The largest absolute Gasteiger partial charge is 0.416 e. The Morgan fingerprint density at radius 3 is 2.54 bits per heavy atom. The molecule has 0 spiro atoms. The van der Waals surface area contributed by atoms with Gasteiger partial charge in [-0.1, -0.05) is 6.07 Å². The molecule has 188 valence electrons. The van der Waals surface area contributed by atoms with Crippen LogP contribution in [-0.2, 0) is 15.7 Å². The Balaban J connectivity index is 1.51. The molecule has 0 radical (unpaired) electrons. The average Bonchev–Trinajstić information content (AvgIpc) is 3.63. The summed E-state index contributed by atoms with van der Waals surface area (Å²) >= 11 is 0. The number of carbonyl (C=O) groups excluding carboxylic acids is 2. The molecule has 2 aliphatic heterocycles. The SMILES string of the molecule is CCN1C(=O)C(NC(=O)c2cccc(C(F)(F)F)c2)C(C2CC2)c2c(C)nn(C3CCOCC3)c21. The minimum atomic E-state index is -4.56. The first kappa shape index (κ1) is 23.8. The summed E-state index contributed by atoms with van der Waals surface area (Å²) in [7, 11) is 0. The van der Waals surface area contributed by atoms with Gasteiger partial charge in [0, 0.05) is 36.8 Å². The summed E-state index contributed by atoms with van der Waals surface area (Å²) in [6, 6.07) is 3.56. The molecule has 5 rings (SSSR count). The second kappa shape index (κ2) is 8.96. The summed E-state index contributed by atoms with van der Waals surface area (Å²) in [6.45, 7) is 5.48. The van der Waals surface area contributed by atoms with Gasteiger partial charge in [-0.25, -0.2) is 4.68 Å². The Bertz CT molecular complexity index is 1140. The number of ether oxygens (including phenoxy) is 1. The van der Waals surface area contributed by atoms with Crippen molar-refractivity contribution >= 4 is 17.6 Å². The number of aryl methyl sites for hydroxylation is 1. The van der Waals surface area contributed by atoms with E-state index in [-0.39, 0.29) is 29.3 Å². The van der Waals surface area contributed by atoms with Crippen LogP contribution < -0.4 is 10.2 Å². The van der Waals surface area contributed by atoms with Crippen molar-refractivity contribution in [3.05, 3.63) is 46.6 Å². The number of hydrogen-bond acceptors (Lipinski definition) is 4. The van der Waals surface area contributed by atoms with Crippen molar-refractivity contribution in [2.24, 2.45) is 5.92 Å². The maximum atomic E-state index is 13.8. The number of fused-ring (bicyclic) bond motifs is 1. The van der Waals surface area contributed by atoms with Crippen molar-refractivity contribution in [3.8, 4) is 0 Å². The molecule has 1 saturated heterocycles. The number of nitrogens with one attached hydrogen (secondary N) is 1. The van der Waals surface area contributed by atoms with E-state index in [1.165, 1.54) is 12.1 Å². The van der Waals surface area contributed by atoms with Crippen LogP contribution in [0, 0.1) is 12.8 Å². The van der Waals surface area contributed by atoms with E-state index in [1.54, 1.807) is 4.90 Å². The number of aromatic nitrogens is 2. The van der Waals surface area contributed by atoms with Crippen molar-refractivity contribution in [1.82, 2.24) is 15.1 Å². The predicted molar refractivity (Wildman–Crippen MR) is 122 cm³/mol. The lowest BCUT2D eigenvalue weighted by Gasteiger charge is -2.39. The van der Waals surface area contributed by atoms with Crippen molar-refractivity contribution in [2.75, 3.05) is 24.7 Å². The molecule has 2 aromatic rings. The molecule has 2 amide bonds. The van der Waals surface area contributed by atoms with Crippen LogP contribution in [0.25, 0.3) is 0 Å². The van der Waals surface area contributed by atoms with Gasteiger partial charge < -0.3 is 10.1 Å². The van der Waals surface area contributed by atoms with Gasteiger partial charge in [-0.2, -0.15) is 18.3 Å². The maximum absolute atomic E-state index is 13.8. The molecular weight excluding hydrogens is 461 g/mol. The first-order valence-electron chi connectivity index (χ1n) is 12.2. The van der Waals surface area contributed by atoms with Crippen LogP contribution in [0.3, 0.4) is 0 Å². The number of nitrogens with zero attached hydrogens (tertiary/aromatic N) is 3. The lowest BCUT2D eigenvalue weighted by molar-refractivity contribution is -0.137. The Labute approximate surface area is 201 Å². The second-order valence-corrected chi connectivity index (χ2v) is 9.59. The molecule has 3 aliphatic rings. The highest BCUT2D eigenvalue weighted by atomic mass is 19.4. The topological polar surface area (TPSA) is 76.5 Å². The lowest BCUT2D eigenvalue weighted by Crippen LogP contribution is -2.56. The molecule has 35 heavy (non-hydrogen) atoms. The van der Waals surface area contributed by atoms with Gasteiger partial charge in [0.05, 0.1) is 17.3 Å². The summed E-state index contributed by atoms with van der Waals surface area (Å²) < 4.78 is 47.0. The summed E-state index contributed by atoms with van der Waals surface area (Å²) in [4.78, 5) is 28.5. The minimum Gasteiger partial charge on any atom is -0.381 e. The van der Waals surface area contributed by atoms with E-state index in [2.05, 4.69) is 5.32 Å². The van der Waals surface area contributed by atoms with Crippen LogP contribution in [0.15, 0.2) is 24.3 Å². The van der Waals surface area contributed by atoms with E-state index in [1.807, 2.05) is 18.5 Å². The average molecular weight is 491 g/mol. The van der Waals surface area contributed by atoms with E-state index in [0.717, 1.165) is 54.9 Å². The molecule has 1 saturated carbocycles. The Morgan fingerprint density at radius 2 is 1.91 bits per heavy atom. The first-order chi connectivity index (χ1) is 16.7. The quantitative estimate of drug-likeness (QED) is 0.681. The Hall–Kier alpha value is -2.88. The van der Waals surface area contributed by atoms with Gasteiger partial charge >= 0.3 is 6.18 Å². The number of benzene rings is 1. The molecule has 1 aliphatic carbocycles. The first-order valence-corrected chi connectivity index (χ1v) is 12.2. The minimum absolute atomic E-state index is 0.120. The summed E-state index contributed by atoms with van der Waals surface area (Å²) in [5.41, 5.74) is 0.776. The van der Waals surface area contributed by atoms with Crippen LogP contribution in [0.2, 0.25) is 0 Å². The fraction of sp³-hybridized carbons (Fsp3) is 0.560. The number of likely N-dealkylation sites (N-methyl/N-ethyl adjacent to an activating group) is 1. The third-order valence-corrected chi connectivity index (χ3v) is 7.31. The van der Waals surface area contributed by atoms with Crippen LogP contribution in [0.4, 0.5) is 19.0 Å². The molecule has 1 N–H and O–H groups in total. The van der Waals surface area contributed by atoms with Gasteiger partial charge in [-0.05, 0) is 63.6 Å². The zero-order valence-electron chi connectivity index (χ0n) is 19.8. The molecule has 3 heterocycles. The number of hydrogen-bond donors (Lipinski definition) is 1. The molecule has 10 heteroatoms. The number of anilines is 1. The standard InChI is InChI=1S/C25H29F3N4O3/c1-3-31-23-19(14(2)30-32(23)18-9-11-35-12-10-18)20(15-7-8-15)21(24(31)34)29-22(33)16-5-4-6-17(13-16)25(26,27)28/h4-6,13,15,18,20-21H,3,7-12H2,1-2H3,(H,29,33). The summed E-state index contributed by atoms with van der Waals surface area (Å²) in [6.07, 6.45) is -1.08. The maximum Gasteiger partial charge on any atom is 0.416 e. The van der Waals surface area contributed by atoms with Gasteiger partial charge in [0.25, 0.3) is 11.8 Å². The molecule has 2 fully saturated rings. The van der Waals surface area contributed by atoms with Gasteiger partial charge in [0.15, 0.2) is 0 Å². The normalized spacial score (nSPS) is 23.3. The molecule has 7 nitrogen and oxygen atoms in total. The summed E-state index contributed by atoms with van der Waals surface area (Å²) in [5.74, 6) is -0.180. The van der Waals surface area contributed by atoms with Crippen molar-refractivity contribution in [1.29, 1.82) is 0 Å². The van der Waals surface area contributed by atoms with Crippen LogP contribution in [0.1, 0.15) is 71.7 Å². The molecule has 2 unspecified atom stereocenters. The fourth-order valence-corrected chi connectivity index (χ4v) is 5.47. The van der Waals surface area contributed by atoms with E-state index >= 15 is 0 Å². The predicted octanol–water partition coefficient (Wildman–Crippen LogP) is 4.22. The highest BCUT2D eigenvalue weighted by molar-refractivity contribution is 6.05. The molecule has 2 atom stereocenters. The number of carbonyl (C=O) groups is 2. The van der Waals surface area contributed by atoms with E-state index < -0.39 is 23.7 Å². The summed E-state index contributed by atoms with van der Waals surface area (Å²) in [5, 5.41) is 7.65. The number of rotatable bonds is 5. The molecular formula is C25H29F3N4O3. The van der Waals surface area contributed by atoms with Gasteiger partial charge in [0.1, 0.15) is 11.9 Å². The highest BCUT2D eigenvalue weighted by Gasteiger charge is 2.50. The monoisotopic (exact) mass is 490 g/mol. The Morgan fingerprint density at radius 1 is 1.20 bits per heavy atom. The molecule has 0 bridgehead atoms. The van der Waals surface area contributed by atoms with Crippen molar-refractivity contribution < 1.29 is 27.5 Å². The zero-order chi connectivity index (χ0) is 24.9. The fourth-order valence-electron chi connectivity index (χ4n) is 5.47. The lowest BCUT2D eigenvalue weighted by atomic mass is 9.82. The number of amides is 2. The molecule has 1 aromatic heterocycles. The van der Waals surface area contributed by atoms with E-state index in [9.17, 15) is 22.8 Å². The Kier molecular flexibility index (Phi) is 6.11. The van der Waals surface area contributed by atoms with Gasteiger partial charge in [-0.15, -0.1) is 0 Å². The van der Waals surface area contributed by atoms with Gasteiger partial charge in [0.2, 0.25) is 0 Å².